The summed E-state index contributed by atoms with van der Waals surface area (Å²) in [5.74, 6) is 0.381. The van der Waals surface area contributed by atoms with Crippen LogP contribution in [0, 0.1) is 33.5 Å². The van der Waals surface area contributed by atoms with Crippen molar-refractivity contribution in [2.24, 2.45) is 33.5 Å². The maximum Gasteiger partial charge on any atom is 0.334 e. The van der Waals surface area contributed by atoms with Crippen LogP contribution in [-0.4, -0.2) is 23.1 Å². The molecule has 0 spiro atoms. The normalized spacial score (nSPS) is 44.1. The number of esters is 2. The van der Waals surface area contributed by atoms with Crippen molar-refractivity contribution in [3.63, 3.8) is 0 Å². The van der Waals surface area contributed by atoms with Crippen molar-refractivity contribution in [3.05, 3.63) is 12.2 Å². The largest absolute Gasteiger partial charge is 0.458 e. The van der Waals surface area contributed by atoms with Crippen LogP contribution in [0.1, 0.15) is 113 Å². The first kappa shape index (κ1) is 24.8. The molecular formula is C29H46O4. The third kappa shape index (κ3) is 2.94. The van der Waals surface area contributed by atoms with Crippen LogP contribution < -0.4 is 0 Å². The lowest BCUT2D eigenvalue weighted by atomic mass is 9.63. The van der Waals surface area contributed by atoms with Gasteiger partial charge in [0.2, 0.25) is 0 Å². The Kier molecular flexibility index (Phi) is 5.51. The monoisotopic (exact) mass is 458 g/mol. The van der Waals surface area contributed by atoms with E-state index < -0.39 is 17.2 Å². The molecule has 33 heavy (non-hydrogen) atoms. The Morgan fingerprint density at radius 3 is 1.55 bits per heavy atom. The van der Waals surface area contributed by atoms with Crippen LogP contribution in [0.25, 0.3) is 0 Å². The van der Waals surface area contributed by atoms with Crippen LogP contribution in [0.2, 0.25) is 0 Å². The van der Waals surface area contributed by atoms with Crippen molar-refractivity contribution < 1.29 is 19.1 Å². The minimum Gasteiger partial charge on any atom is -0.458 e. The van der Waals surface area contributed by atoms with Crippen LogP contribution >= 0.6 is 0 Å². The van der Waals surface area contributed by atoms with Gasteiger partial charge in [0.1, 0.15) is 11.2 Å². The van der Waals surface area contributed by atoms with Gasteiger partial charge in [-0.2, -0.15) is 0 Å². The second kappa shape index (κ2) is 7.34. The quantitative estimate of drug-likeness (QED) is 0.304. The maximum absolute atomic E-state index is 13.2. The van der Waals surface area contributed by atoms with E-state index in [2.05, 4.69) is 62.0 Å². The number of ether oxygens (including phenoxy) is 2. The lowest BCUT2D eigenvalue weighted by molar-refractivity contribution is -0.182. The molecule has 186 valence electrons. The molecule has 0 amide bonds. The molecule has 4 aliphatic carbocycles. The predicted molar refractivity (Wildman–Crippen MR) is 130 cm³/mol. The Morgan fingerprint density at radius 2 is 1.21 bits per heavy atom. The van der Waals surface area contributed by atoms with Gasteiger partial charge in [-0.3, -0.25) is 4.79 Å². The van der Waals surface area contributed by atoms with Crippen molar-refractivity contribution in [1.82, 2.24) is 0 Å². The second-order valence-corrected chi connectivity index (χ2v) is 13.3. The van der Waals surface area contributed by atoms with E-state index >= 15 is 0 Å². The summed E-state index contributed by atoms with van der Waals surface area (Å²) in [4.78, 5) is 26.3. The van der Waals surface area contributed by atoms with E-state index in [1.165, 1.54) is 12.8 Å². The van der Waals surface area contributed by atoms with E-state index in [-0.39, 0.29) is 39.6 Å². The molecule has 4 saturated carbocycles. The molecule has 4 aliphatic rings. The van der Waals surface area contributed by atoms with E-state index in [0.29, 0.717) is 11.8 Å². The fraction of sp³-hybridized carbons (Fsp3) is 0.862. The van der Waals surface area contributed by atoms with E-state index in [4.69, 9.17) is 9.47 Å². The summed E-state index contributed by atoms with van der Waals surface area (Å²) in [6.45, 7) is 22.1. The summed E-state index contributed by atoms with van der Waals surface area (Å²) >= 11 is 0. The van der Waals surface area contributed by atoms with E-state index in [0.717, 1.165) is 38.5 Å². The summed E-state index contributed by atoms with van der Waals surface area (Å²) in [6, 6.07) is 0. The molecule has 4 nitrogen and oxygen atoms in total. The smallest absolute Gasteiger partial charge is 0.334 e. The van der Waals surface area contributed by atoms with E-state index in [9.17, 15) is 9.59 Å². The van der Waals surface area contributed by atoms with Gasteiger partial charge < -0.3 is 9.47 Å². The molecule has 4 fully saturated rings. The molecule has 0 aliphatic heterocycles. The molecule has 4 bridgehead atoms. The highest BCUT2D eigenvalue weighted by Crippen LogP contribution is 2.72. The van der Waals surface area contributed by atoms with Gasteiger partial charge in [0.05, 0.1) is 6.42 Å². The van der Waals surface area contributed by atoms with Gasteiger partial charge in [-0.15, -0.1) is 0 Å². The van der Waals surface area contributed by atoms with Crippen molar-refractivity contribution in [2.75, 3.05) is 0 Å². The fourth-order valence-electron chi connectivity index (χ4n) is 9.06. The second-order valence-electron chi connectivity index (χ2n) is 13.3. The first-order valence-electron chi connectivity index (χ1n) is 13.3. The third-order valence-corrected chi connectivity index (χ3v) is 12.4. The van der Waals surface area contributed by atoms with Gasteiger partial charge in [0, 0.05) is 16.4 Å². The van der Waals surface area contributed by atoms with E-state index in [1.54, 1.807) is 0 Å². The zero-order valence-electron chi connectivity index (χ0n) is 22.4. The van der Waals surface area contributed by atoms with E-state index in [1.807, 2.05) is 0 Å². The molecule has 0 heterocycles. The van der Waals surface area contributed by atoms with Crippen LogP contribution in [0.3, 0.4) is 0 Å². The molecule has 0 aromatic rings. The van der Waals surface area contributed by atoms with Gasteiger partial charge in [0.15, 0.2) is 0 Å². The minimum atomic E-state index is -0.476. The third-order valence-electron chi connectivity index (χ3n) is 12.4. The van der Waals surface area contributed by atoms with Crippen molar-refractivity contribution >= 4 is 11.9 Å². The van der Waals surface area contributed by atoms with Crippen molar-refractivity contribution in [2.45, 2.75) is 124 Å². The highest BCUT2D eigenvalue weighted by atomic mass is 16.6. The lowest BCUT2D eigenvalue weighted by Crippen LogP contribution is -2.50. The standard InChI is InChI=1S/C29H46O4/c1-10-28(17-20-12-14-26(28,8)24(20,4)5)32-22(30)16-19(3)23(31)33-29(11-2)18-21-13-15-27(29,9)25(21,6)7/h20-21H,3,10-18H2,1-2,4-9H3/t20-,21-,26+,27+,28?,29?/m1/s1. The van der Waals surface area contributed by atoms with Gasteiger partial charge in [0.25, 0.3) is 0 Å². The summed E-state index contributed by atoms with van der Waals surface area (Å²) < 4.78 is 12.5. The minimum absolute atomic E-state index is 0.0353. The Morgan fingerprint density at radius 1 is 0.788 bits per heavy atom. The summed E-state index contributed by atoms with van der Waals surface area (Å²) in [7, 11) is 0. The van der Waals surface area contributed by atoms with Crippen LogP contribution in [-0.2, 0) is 19.1 Å². The summed E-state index contributed by atoms with van der Waals surface area (Å²) in [5.41, 5.74) is -0.505. The Balaban J connectivity index is 1.44. The predicted octanol–water partition coefficient (Wildman–Crippen LogP) is 7.01. The Bertz CT molecular complexity index is 871. The molecule has 2 unspecified atom stereocenters. The number of hydrogen-bond acceptors (Lipinski definition) is 4. The molecule has 6 atom stereocenters. The highest BCUT2D eigenvalue weighted by molar-refractivity contribution is 5.93. The molecule has 0 saturated heterocycles. The number of hydrogen-bond donors (Lipinski definition) is 0. The summed E-state index contributed by atoms with van der Waals surface area (Å²) in [6.07, 6.45) is 7.90. The topological polar surface area (TPSA) is 52.6 Å². The Labute approximate surface area is 201 Å². The maximum atomic E-state index is 13.2. The number of fused-ring (bicyclic) bond motifs is 4. The van der Waals surface area contributed by atoms with Gasteiger partial charge in [-0.1, -0.05) is 62.0 Å². The zero-order valence-corrected chi connectivity index (χ0v) is 22.4. The molecule has 0 aromatic heterocycles. The molecular weight excluding hydrogens is 412 g/mol. The van der Waals surface area contributed by atoms with Gasteiger partial charge in [-0.05, 0) is 74.0 Å². The first-order chi connectivity index (χ1) is 15.2. The number of carbonyl (C=O) groups is 2. The van der Waals surface area contributed by atoms with Crippen molar-refractivity contribution in [3.8, 4) is 0 Å². The summed E-state index contributed by atoms with van der Waals surface area (Å²) in [5, 5.41) is 0. The van der Waals surface area contributed by atoms with Crippen LogP contribution in [0.5, 0.6) is 0 Å². The van der Waals surface area contributed by atoms with Crippen LogP contribution in [0.4, 0.5) is 0 Å². The molecule has 0 radical (unpaired) electrons. The van der Waals surface area contributed by atoms with Crippen molar-refractivity contribution in [1.29, 1.82) is 0 Å². The lowest BCUT2D eigenvalue weighted by Gasteiger charge is -2.48. The number of rotatable bonds is 7. The number of carbonyl (C=O) groups excluding carboxylic acids is 2. The molecule has 4 rings (SSSR count). The average molecular weight is 459 g/mol. The molecule has 4 heteroatoms. The average Bonchev–Trinajstić information content (AvgIpc) is 3.23. The zero-order chi connectivity index (χ0) is 24.7. The Hall–Kier alpha value is -1.32. The fourth-order valence-corrected chi connectivity index (χ4v) is 9.06. The van der Waals surface area contributed by atoms with Crippen LogP contribution in [0.15, 0.2) is 12.2 Å². The molecule has 0 N–H and O–H groups in total. The van der Waals surface area contributed by atoms with Gasteiger partial charge in [-0.25, -0.2) is 4.79 Å². The van der Waals surface area contributed by atoms with Gasteiger partial charge >= 0.3 is 11.9 Å². The highest BCUT2D eigenvalue weighted by Gasteiger charge is 2.71. The molecule has 0 aromatic carbocycles. The SMILES string of the molecule is C=C(CC(=O)OC1(CC)C[C@H]2CC[C@@]1(C)C2(C)C)C(=O)OC1(CC)C[C@H]2CC[C@@]1(C)C2(C)C. The first-order valence-corrected chi connectivity index (χ1v) is 13.3.